The minimum absolute atomic E-state index is 0.0362. The Labute approximate surface area is 117 Å². The van der Waals surface area contributed by atoms with Crippen LogP contribution in [-0.4, -0.2) is 41.7 Å². The molecule has 6 heteroatoms. The topological polar surface area (TPSA) is 32.3 Å². The molecule has 3 unspecified atom stereocenters. The molecule has 0 aromatic heterocycles. The highest BCUT2D eigenvalue weighted by Crippen LogP contribution is 2.37. The second-order valence-corrected chi connectivity index (χ2v) is 6.24. The molecule has 1 saturated carbocycles. The summed E-state index contributed by atoms with van der Waals surface area (Å²) in [7, 11) is 0. The van der Waals surface area contributed by atoms with Crippen LogP contribution in [0.1, 0.15) is 46.0 Å². The molecule has 1 aliphatic carbocycles. The maximum Gasteiger partial charge on any atom is 0.391 e. The molecule has 2 rings (SSSR count). The lowest BCUT2D eigenvalue weighted by atomic mass is 9.85. The van der Waals surface area contributed by atoms with Crippen LogP contribution < -0.4 is 5.32 Å². The Morgan fingerprint density at radius 2 is 1.95 bits per heavy atom. The lowest BCUT2D eigenvalue weighted by molar-refractivity contribution is -0.183. The fourth-order valence-electron chi connectivity index (χ4n) is 3.29. The molecule has 20 heavy (non-hydrogen) atoms. The Bertz CT molecular complexity index is 357. The van der Waals surface area contributed by atoms with Crippen LogP contribution in [0.2, 0.25) is 0 Å². The zero-order valence-corrected chi connectivity index (χ0v) is 12.0. The predicted octanol–water partition coefficient (Wildman–Crippen LogP) is 2.71. The minimum atomic E-state index is -4.11. The number of hydrogen-bond acceptors (Lipinski definition) is 2. The maximum atomic E-state index is 12.8. The van der Waals surface area contributed by atoms with E-state index < -0.39 is 12.1 Å². The zero-order chi connectivity index (χ0) is 14.9. The van der Waals surface area contributed by atoms with E-state index in [2.05, 4.69) is 5.32 Å². The number of hydrogen-bond donors (Lipinski definition) is 1. The van der Waals surface area contributed by atoms with Gasteiger partial charge in [-0.2, -0.15) is 13.2 Å². The Kier molecular flexibility index (Phi) is 4.62. The van der Waals surface area contributed by atoms with Crippen molar-refractivity contribution in [2.75, 3.05) is 6.54 Å². The summed E-state index contributed by atoms with van der Waals surface area (Å²) in [6.45, 7) is 4.62. The molecule has 0 aromatic rings. The fourth-order valence-corrected chi connectivity index (χ4v) is 3.29. The van der Waals surface area contributed by atoms with Crippen LogP contribution in [0.15, 0.2) is 0 Å². The summed E-state index contributed by atoms with van der Waals surface area (Å²) in [6.07, 6.45) is -1.77. The highest BCUT2D eigenvalue weighted by molar-refractivity contribution is 5.84. The summed E-state index contributed by atoms with van der Waals surface area (Å²) < 4.78 is 38.3. The van der Waals surface area contributed by atoms with E-state index in [1.165, 1.54) is 0 Å². The first-order valence-corrected chi connectivity index (χ1v) is 7.42. The van der Waals surface area contributed by atoms with Crippen molar-refractivity contribution in [2.24, 2.45) is 5.92 Å². The van der Waals surface area contributed by atoms with Crippen LogP contribution in [-0.2, 0) is 4.79 Å². The molecule has 1 aliphatic heterocycles. The van der Waals surface area contributed by atoms with Gasteiger partial charge in [0.15, 0.2) is 0 Å². The summed E-state index contributed by atoms with van der Waals surface area (Å²) in [5.74, 6) is -1.18. The molecular weight excluding hydrogens is 269 g/mol. The van der Waals surface area contributed by atoms with Gasteiger partial charge in [-0.1, -0.05) is 6.42 Å². The van der Waals surface area contributed by atoms with E-state index in [0.29, 0.717) is 19.4 Å². The molecule has 3 atom stereocenters. The summed E-state index contributed by atoms with van der Waals surface area (Å²) in [6, 6.07) is -0.325. The van der Waals surface area contributed by atoms with Gasteiger partial charge in [0.05, 0.1) is 12.0 Å². The monoisotopic (exact) mass is 292 g/mol. The minimum Gasteiger partial charge on any atom is -0.339 e. The highest BCUT2D eigenvalue weighted by atomic mass is 19.4. The van der Waals surface area contributed by atoms with Crippen molar-refractivity contribution in [3.05, 3.63) is 0 Å². The van der Waals surface area contributed by atoms with E-state index in [-0.39, 0.29) is 36.9 Å². The number of rotatable bonds is 3. The van der Waals surface area contributed by atoms with Gasteiger partial charge in [-0.05, 0) is 39.5 Å². The molecule has 116 valence electrons. The molecule has 0 bridgehead atoms. The molecule has 1 N–H and O–H groups in total. The average Bonchev–Trinajstić information content (AvgIpc) is 2.70. The Balaban J connectivity index is 1.89. The van der Waals surface area contributed by atoms with Crippen molar-refractivity contribution in [1.82, 2.24) is 10.2 Å². The van der Waals surface area contributed by atoms with E-state index in [4.69, 9.17) is 0 Å². The van der Waals surface area contributed by atoms with E-state index in [9.17, 15) is 18.0 Å². The van der Waals surface area contributed by atoms with Gasteiger partial charge in [-0.3, -0.25) is 4.79 Å². The number of amides is 1. The zero-order valence-electron chi connectivity index (χ0n) is 12.0. The Hall–Kier alpha value is -0.780. The van der Waals surface area contributed by atoms with Crippen molar-refractivity contribution in [1.29, 1.82) is 0 Å². The van der Waals surface area contributed by atoms with Crippen molar-refractivity contribution in [3.63, 3.8) is 0 Å². The third-order valence-electron chi connectivity index (χ3n) is 4.44. The Morgan fingerprint density at radius 1 is 1.25 bits per heavy atom. The largest absolute Gasteiger partial charge is 0.391 e. The summed E-state index contributed by atoms with van der Waals surface area (Å²) in [4.78, 5) is 13.9. The van der Waals surface area contributed by atoms with Gasteiger partial charge in [-0.15, -0.1) is 0 Å². The van der Waals surface area contributed by atoms with Gasteiger partial charge in [-0.25, -0.2) is 0 Å². The predicted molar refractivity (Wildman–Crippen MR) is 70.2 cm³/mol. The number of halogens is 3. The van der Waals surface area contributed by atoms with Crippen molar-refractivity contribution in [3.8, 4) is 0 Å². The van der Waals surface area contributed by atoms with Crippen LogP contribution >= 0.6 is 0 Å². The van der Waals surface area contributed by atoms with E-state index >= 15 is 0 Å². The molecule has 3 nitrogen and oxygen atoms in total. The Morgan fingerprint density at radius 3 is 2.50 bits per heavy atom. The molecule has 1 heterocycles. The standard InChI is InChI=1S/C14H23F3N2O/c1-9(2)19-7-6-12(13(19)20)18-11-5-3-4-10(8-11)14(15,16)17/h9-12,18H,3-8H2,1-2H3. The van der Waals surface area contributed by atoms with Crippen molar-refractivity contribution in [2.45, 2.75) is 70.3 Å². The number of nitrogens with one attached hydrogen (secondary N) is 1. The normalized spacial score (nSPS) is 32.2. The van der Waals surface area contributed by atoms with Crippen molar-refractivity contribution < 1.29 is 18.0 Å². The molecule has 2 fully saturated rings. The second-order valence-electron chi connectivity index (χ2n) is 6.24. The third kappa shape index (κ3) is 3.45. The maximum absolute atomic E-state index is 12.8. The first-order valence-electron chi connectivity index (χ1n) is 7.42. The van der Waals surface area contributed by atoms with Crippen molar-refractivity contribution >= 4 is 5.91 Å². The van der Waals surface area contributed by atoms with Crippen LogP contribution in [0.3, 0.4) is 0 Å². The lowest BCUT2D eigenvalue weighted by Gasteiger charge is -2.32. The summed E-state index contributed by atoms with van der Waals surface area (Å²) in [5.41, 5.74) is 0. The van der Waals surface area contributed by atoms with E-state index in [0.717, 1.165) is 6.42 Å². The van der Waals surface area contributed by atoms with E-state index in [1.54, 1.807) is 4.90 Å². The molecule has 0 aromatic carbocycles. The second kappa shape index (κ2) is 5.92. The first-order chi connectivity index (χ1) is 9.29. The number of alkyl halides is 3. The van der Waals surface area contributed by atoms with E-state index in [1.807, 2.05) is 13.8 Å². The molecule has 1 amide bonds. The van der Waals surface area contributed by atoms with Gasteiger partial charge in [0.25, 0.3) is 0 Å². The van der Waals surface area contributed by atoms with Crippen LogP contribution in [0, 0.1) is 5.92 Å². The lowest BCUT2D eigenvalue weighted by Crippen LogP contribution is -2.47. The van der Waals surface area contributed by atoms with Crippen LogP contribution in [0.25, 0.3) is 0 Å². The molecular formula is C14H23F3N2O. The fraction of sp³-hybridized carbons (Fsp3) is 0.929. The molecule has 0 radical (unpaired) electrons. The smallest absolute Gasteiger partial charge is 0.339 e. The number of likely N-dealkylation sites (tertiary alicyclic amines) is 1. The molecule has 0 spiro atoms. The number of carbonyl (C=O) groups excluding carboxylic acids is 1. The van der Waals surface area contributed by atoms with Gasteiger partial charge in [0, 0.05) is 18.6 Å². The van der Waals surface area contributed by atoms with Gasteiger partial charge in [0.2, 0.25) is 5.91 Å². The number of nitrogens with zero attached hydrogens (tertiary/aromatic N) is 1. The van der Waals surface area contributed by atoms with Gasteiger partial charge < -0.3 is 10.2 Å². The number of carbonyl (C=O) groups is 1. The average molecular weight is 292 g/mol. The SMILES string of the molecule is CC(C)N1CCC(NC2CCCC(C(F)(F)F)C2)C1=O. The molecule has 1 saturated heterocycles. The summed E-state index contributed by atoms with van der Waals surface area (Å²) in [5, 5.41) is 3.16. The van der Waals surface area contributed by atoms with Gasteiger partial charge >= 0.3 is 6.18 Å². The quantitative estimate of drug-likeness (QED) is 0.867. The van der Waals surface area contributed by atoms with Crippen LogP contribution in [0.4, 0.5) is 13.2 Å². The first kappa shape index (κ1) is 15.6. The van der Waals surface area contributed by atoms with Crippen LogP contribution in [0.5, 0.6) is 0 Å². The highest BCUT2D eigenvalue weighted by Gasteiger charge is 2.43. The molecule has 2 aliphatic rings. The third-order valence-corrected chi connectivity index (χ3v) is 4.44. The summed E-state index contributed by atoms with van der Waals surface area (Å²) >= 11 is 0. The van der Waals surface area contributed by atoms with Gasteiger partial charge in [0.1, 0.15) is 0 Å².